The van der Waals surface area contributed by atoms with Gasteiger partial charge in [0.15, 0.2) is 0 Å². The van der Waals surface area contributed by atoms with E-state index in [0.29, 0.717) is 4.47 Å². The van der Waals surface area contributed by atoms with Gasteiger partial charge >= 0.3 is 12.3 Å². The van der Waals surface area contributed by atoms with Gasteiger partial charge in [-0.05, 0) is 22.0 Å². The summed E-state index contributed by atoms with van der Waals surface area (Å²) in [6.07, 6.45) is -0.951. The number of hydrogen-bond donors (Lipinski definition) is 1. The first-order chi connectivity index (χ1) is 6.92. The van der Waals surface area contributed by atoms with Crippen LogP contribution >= 0.6 is 15.9 Å². The van der Waals surface area contributed by atoms with Gasteiger partial charge in [-0.3, -0.25) is 4.98 Å². The highest BCUT2D eigenvalue weighted by atomic mass is 79.9. The molecular formula is C8H7BrF4N2. The molecule has 1 heterocycles. The van der Waals surface area contributed by atoms with E-state index >= 15 is 0 Å². The smallest absolute Gasteiger partial charge is 0.324 e. The summed E-state index contributed by atoms with van der Waals surface area (Å²) in [5.41, 5.74) is 0.254. The third-order valence-electron chi connectivity index (χ3n) is 1.55. The van der Waals surface area contributed by atoms with Crippen LogP contribution in [0, 0.1) is 0 Å². The van der Waals surface area contributed by atoms with Crippen LogP contribution in [-0.2, 0) is 0 Å². The summed E-state index contributed by atoms with van der Waals surface area (Å²) >= 11 is 3.07. The van der Waals surface area contributed by atoms with Crippen molar-refractivity contribution in [3.8, 4) is 0 Å². The molecule has 0 radical (unpaired) electrons. The molecule has 15 heavy (non-hydrogen) atoms. The molecule has 0 spiro atoms. The van der Waals surface area contributed by atoms with E-state index in [2.05, 4.69) is 26.2 Å². The zero-order chi connectivity index (χ0) is 11.5. The summed E-state index contributed by atoms with van der Waals surface area (Å²) in [6, 6.07) is 1.47. The molecule has 0 aliphatic heterocycles. The number of rotatable bonds is 4. The summed E-state index contributed by atoms with van der Waals surface area (Å²) in [4.78, 5) is 3.69. The van der Waals surface area contributed by atoms with Gasteiger partial charge in [-0.15, -0.1) is 0 Å². The van der Waals surface area contributed by atoms with E-state index in [1.54, 1.807) is 0 Å². The molecule has 0 atom stereocenters. The minimum atomic E-state index is -4.04. The van der Waals surface area contributed by atoms with E-state index in [0.717, 1.165) is 0 Å². The fourth-order valence-corrected chi connectivity index (χ4v) is 1.17. The molecule has 0 bridgehead atoms. The standard InChI is InChI=1S/C8H7BrF4N2/c9-5-1-6(3-14-2-5)15-4-8(12,13)7(10)11/h1-3,7,15H,4H2. The first kappa shape index (κ1) is 12.2. The van der Waals surface area contributed by atoms with Gasteiger partial charge in [0.05, 0.1) is 18.4 Å². The average Bonchev–Trinajstić information content (AvgIpc) is 2.15. The second-order valence-electron chi connectivity index (χ2n) is 2.81. The predicted octanol–water partition coefficient (Wildman–Crippen LogP) is 3.16. The minimum Gasteiger partial charge on any atom is -0.377 e. The summed E-state index contributed by atoms with van der Waals surface area (Å²) in [7, 11) is 0. The minimum absolute atomic E-state index is 0.254. The van der Waals surface area contributed by atoms with Crippen LogP contribution in [0.2, 0.25) is 0 Å². The summed E-state index contributed by atoms with van der Waals surface area (Å²) in [5, 5.41) is 2.18. The van der Waals surface area contributed by atoms with E-state index in [-0.39, 0.29) is 5.69 Å². The molecule has 2 nitrogen and oxygen atoms in total. The Balaban J connectivity index is 2.57. The van der Waals surface area contributed by atoms with Crippen LogP contribution in [0.1, 0.15) is 0 Å². The van der Waals surface area contributed by atoms with Crippen LogP contribution in [0.15, 0.2) is 22.9 Å². The van der Waals surface area contributed by atoms with Gasteiger partial charge in [0, 0.05) is 10.7 Å². The van der Waals surface area contributed by atoms with Crippen molar-refractivity contribution in [2.45, 2.75) is 12.3 Å². The van der Waals surface area contributed by atoms with E-state index in [1.165, 1.54) is 18.5 Å². The maximum Gasteiger partial charge on any atom is 0.324 e. The van der Waals surface area contributed by atoms with Crippen LogP contribution in [0.5, 0.6) is 0 Å². The highest BCUT2D eigenvalue weighted by Crippen LogP contribution is 2.23. The van der Waals surface area contributed by atoms with E-state index in [4.69, 9.17) is 0 Å². The second kappa shape index (κ2) is 4.78. The molecule has 0 aromatic carbocycles. The molecule has 0 aliphatic rings. The lowest BCUT2D eigenvalue weighted by Crippen LogP contribution is -2.34. The zero-order valence-electron chi connectivity index (χ0n) is 7.35. The third kappa shape index (κ3) is 3.65. The number of halogens is 5. The first-order valence-corrected chi connectivity index (χ1v) is 4.71. The number of nitrogens with zero attached hydrogens (tertiary/aromatic N) is 1. The Hall–Kier alpha value is -0.850. The van der Waals surface area contributed by atoms with Gasteiger partial charge in [-0.25, -0.2) is 8.78 Å². The van der Waals surface area contributed by atoms with E-state index in [9.17, 15) is 17.6 Å². The maximum atomic E-state index is 12.5. The molecule has 1 N–H and O–H groups in total. The first-order valence-electron chi connectivity index (χ1n) is 3.92. The molecule has 0 aliphatic carbocycles. The van der Waals surface area contributed by atoms with Gasteiger partial charge in [0.2, 0.25) is 0 Å². The van der Waals surface area contributed by atoms with Gasteiger partial charge in [-0.2, -0.15) is 8.78 Å². The van der Waals surface area contributed by atoms with Crippen LogP contribution in [0.25, 0.3) is 0 Å². The number of anilines is 1. The Morgan fingerprint density at radius 3 is 2.60 bits per heavy atom. The van der Waals surface area contributed by atoms with Gasteiger partial charge < -0.3 is 5.32 Å². The van der Waals surface area contributed by atoms with Crippen molar-refractivity contribution in [2.24, 2.45) is 0 Å². The van der Waals surface area contributed by atoms with Crippen molar-refractivity contribution in [1.82, 2.24) is 4.98 Å². The lowest BCUT2D eigenvalue weighted by molar-refractivity contribution is -0.117. The highest BCUT2D eigenvalue weighted by molar-refractivity contribution is 9.10. The molecule has 1 aromatic heterocycles. The molecule has 0 unspecified atom stereocenters. The Kier molecular flexibility index (Phi) is 3.90. The van der Waals surface area contributed by atoms with Crippen LogP contribution < -0.4 is 5.32 Å². The predicted molar refractivity (Wildman–Crippen MR) is 51.4 cm³/mol. The Morgan fingerprint density at radius 2 is 2.07 bits per heavy atom. The fraction of sp³-hybridized carbons (Fsp3) is 0.375. The lowest BCUT2D eigenvalue weighted by atomic mass is 10.3. The zero-order valence-corrected chi connectivity index (χ0v) is 8.94. The third-order valence-corrected chi connectivity index (χ3v) is 1.99. The SMILES string of the molecule is FC(F)C(F)(F)CNc1cncc(Br)c1. The molecule has 0 saturated carbocycles. The van der Waals surface area contributed by atoms with Crippen molar-refractivity contribution < 1.29 is 17.6 Å². The monoisotopic (exact) mass is 286 g/mol. The van der Waals surface area contributed by atoms with Crippen molar-refractivity contribution in [1.29, 1.82) is 0 Å². The topological polar surface area (TPSA) is 24.9 Å². The van der Waals surface area contributed by atoms with Crippen LogP contribution in [0.3, 0.4) is 0 Å². The second-order valence-corrected chi connectivity index (χ2v) is 3.72. The quantitative estimate of drug-likeness (QED) is 0.860. The van der Waals surface area contributed by atoms with E-state index < -0.39 is 18.9 Å². The summed E-state index contributed by atoms with van der Waals surface area (Å²) in [5.74, 6) is -4.04. The van der Waals surface area contributed by atoms with Crippen molar-refractivity contribution in [2.75, 3.05) is 11.9 Å². The average molecular weight is 287 g/mol. The summed E-state index contributed by atoms with van der Waals surface area (Å²) < 4.78 is 49.1. The summed E-state index contributed by atoms with van der Waals surface area (Å²) in [6.45, 7) is -1.12. The van der Waals surface area contributed by atoms with Crippen LogP contribution in [-0.4, -0.2) is 23.9 Å². The maximum absolute atomic E-state index is 12.5. The molecule has 1 aromatic rings. The molecule has 0 amide bonds. The lowest BCUT2D eigenvalue weighted by Gasteiger charge is -2.16. The van der Waals surface area contributed by atoms with Gasteiger partial charge in [0.25, 0.3) is 0 Å². The fourth-order valence-electron chi connectivity index (χ4n) is 0.806. The Bertz CT molecular complexity index is 332. The number of aromatic nitrogens is 1. The van der Waals surface area contributed by atoms with E-state index in [1.807, 2.05) is 0 Å². The largest absolute Gasteiger partial charge is 0.377 e. The molecule has 0 fully saturated rings. The van der Waals surface area contributed by atoms with Crippen molar-refractivity contribution in [3.05, 3.63) is 22.9 Å². The highest BCUT2D eigenvalue weighted by Gasteiger charge is 2.40. The molecule has 1 rings (SSSR count). The molecular weight excluding hydrogens is 280 g/mol. The van der Waals surface area contributed by atoms with Gasteiger partial charge in [-0.1, -0.05) is 0 Å². The molecule has 0 saturated heterocycles. The normalized spacial score (nSPS) is 11.9. The van der Waals surface area contributed by atoms with Crippen molar-refractivity contribution >= 4 is 21.6 Å². The Morgan fingerprint density at radius 1 is 1.40 bits per heavy atom. The van der Waals surface area contributed by atoms with Crippen LogP contribution in [0.4, 0.5) is 23.2 Å². The number of pyridine rings is 1. The molecule has 7 heteroatoms. The molecule has 84 valence electrons. The number of hydrogen-bond acceptors (Lipinski definition) is 2. The Labute approximate surface area is 91.8 Å². The number of alkyl halides is 4. The number of nitrogens with one attached hydrogen (secondary N) is 1. The van der Waals surface area contributed by atoms with Gasteiger partial charge in [0.1, 0.15) is 0 Å². The van der Waals surface area contributed by atoms with Crippen molar-refractivity contribution in [3.63, 3.8) is 0 Å².